The summed E-state index contributed by atoms with van der Waals surface area (Å²) < 4.78 is 0. The summed E-state index contributed by atoms with van der Waals surface area (Å²) in [6, 6.07) is 2.39. The van der Waals surface area contributed by atoms with E-state index < -0.39 is 0 Å². The van der Waals surface area contributed by atoms with Crippen molar-refractivity contribution in [1.29, 1.82) is 0 Å². The second-order valence-corrected chi connectivity index (χ2v) is 6.83. The van der Waals surface area contributed by atoms with Gasteiger partial charge in [0.05, 0.1) is 0 Å². The molecule has 16 heavy (non-hydrogen) atoms. The monoisotopic (exact) mass is 224 g/mol. The second-order valence-electron chi connectivity index (χ2n) is 6.83. The Kier molecular flexibility index (Phi) is 3.33. The molecule has 2 aliphatic rings. The molecule has 0 aromatic rings. The fourth-order valence-electron chi connectivity index (χ4n) is 3.56. The van der Waals surface area contributed by atoms with Crippen LogP contribution in [0.1, 0.15) is 53.9 Å². The highest BCUT2D eigenvalue weighted by molar-refractivity contribution is 4.96. The zero-order chi connectivity index (χ0) is 11.9. The van der Waals surface area contributed by atoms with Crippen molar-refractivity contribution in [3.05, 3.63) is 0 Å². The number of likely N-dealkylation sites (tertiary alicyclic amines) is 1. The van der Waals surface area contributed by atoms with Crippen LogP contribution in [-0.4, -0.2) is 46.6 Å². The minimum atomic E-state index is 0.340. The summed E-state index contributed by atoms with van der Waals surface area (Å²) >= 11 is 0. The highest BCUT2D eigenvalue weighted by Gasteiger charge is 2.40. The molecule has 0 radical (unpaired) electrons. The van der Waals surface area contributed by atoms with E-state index in [1.54, 1.807) is 0 Å². The van der Waals surface area contributed by atoms with Gasteiger partial charge in [-0.2, -0.15) is 0 Å². The minimum Gasteiger partial charge on any atom is -0.297 e. The van der Waals surface area contributed by atoms with Gasteiger partial charge < -0.3 is 0 Å². The molecule has 0 aromatic heterocycles. The maximum atomic E-state index is 2.78. The Bertz CT molecular complexity index is 242. The van der Waals surface area contributed by atoms with Gasteiger partial charge >= 0.3 is 0 Å². The van der Waals surface area contributed by atoms with E-state index in [1.807, 2.05) is 0 Å². The van der Waals surface area contributed by atoms with E-state index >= 15 is 0 Å². The molecule has 2 bridgehead atoms. The Morgan fingerprint density at radius 2 is 1.62 bits per heavy atom. The zero-order valence-corrected chi connectivity index (χ0v) is 11.7. The Labute approximate surface area is 101 Å². The van der Waals surface area contributed by atoms with Crippen molar-refractivity contribution in [3.8, 4) is 0 Å². The average Bonchev–Trinajstić information content (AvgIpc) is 2.37. The van der Waals surface area contributed by atoms with Crippen molar-refractivity contribution in [2.24, 2.45) is 0 Å². The molecule has 2 atom stereocenters. The van der Waals surface area contributed by atoms with Gasteiger partial charge in [0, 0.05) is 36.8 Å². The second kappa shape index (κ2) is 4.30. The number of hydrogen-bond acceptors (Lipinski definition) is 2. The summed E-state index contributed by atoms with van der Waals surface area (Å²) in [5, 5.41) is 0. The van der Waals surface area contributed by atoms with Crippen LogP contribution in [-0.2, 0) is 0 Å². The molecule has 2 heteroatoms. The van der Waals surface area contributed by atoms with E-state index in [1.165, 1.54) is 32.4 Å². The third-order valence-electron chi connectivity index (χ3n) is 4.38. The highest BCUT2D eigenvalue weighted by atomic mass is 15.3. The topological polar surface area (TPSA) is 6.48 Å². The molecule has 0 amide bonds. The summed E-state index contributed by atoms with van der Waals surface area (Å²) in [5.41, 5.74) is 0.340. The van der Waals surface area contributed by atoms with Crippen LogP contribution >= 0.6 is 0 Å². The predicted molar refractivity (Wildman–Crippen MR) is 69.7 cm³/mol. The van der Waals surface area contributed by atoms with Crippen molar-refractivity contribution in [3.63, 3.8) is 0 Å². The lowest BCUT2D eigenvalue weighted by Crippen LogP contribution is -2.48. The van der Waals surface area contributed by atoms with Crippen LogP contribution in [0.25, 0.3) is 0 Å². The lowest BCUT2D eigenvalue weighted by atomic mass is 10.0. The molecule has 0 aromatic carbocycles. The van der Waals surface area contributed by atoms with Crippen LogP contribution in [0, 0.1) is 0 Å². The van der Waals surface area contributed by atoms with Crippen LogP contribution in [0.15, 0.2) is 0 Å². The van der Waals surface area contributed by atoms with E-state index in [9.17, 15) is 0 Å². The number of rotatable bonds is 1. The van der Waals surface area contributed by atoms with Gasteiger partial charge in [0.2, 0.25) is 0 Å². The standard InChI is InChI=1S/C14H28N2/c1-11(2)16-12-6-7-13(16)10-15(9-8-12)14(3,4)5/h11-13H,6-10H2,1-5H3/t12-,13+/m1/s1. The van der Waals surface area contributed by atoms with Crippen LogP contribution in [0.2, 0.25) is 0 Å². The van der Waals surface area contributed by atoms with Crippen LogP contribution < -0.4 is 0 Å². The Morgan fingerprint density at radius 1 is 1.00 bits per heavy atom. The molecule has 2 nitrogen and oxygen atoms in total. The summed E-state index contributed by atoms with van der Waals surface area (Å²) in [7, 11) is 0. The lowest BCUT2D eigenvalue weighted by Gasteiger charge is -2.37. The van der Waals surface area contributed by atoms with Crippen molar-refractivity contribution in [1.82, 2.24) is 9.80 Å². The first-order chi connectivity index (χ1) is 7.39. The number of nitrogens with zero attached hydrogens (tertiary/aromatic N) is 2. The fraction of sp³-hybridized carbons (Fsp3) is 1.00. The summed E-state index contributed by atoms with van der Waals surface area (Å²) in [6.45, 7) is 14.3. The van der Waals surface area contributed by atoms with Crippen molar-refractivity contribution < 1.29 is 0 Å². The quantitative estimate of drug-likeness (QED) is 0.676. The van der Waals surface area contributed by atoms with Gasteiger partial charge in [-0.05, 0) is 53.9 Å². The summed E-state index contributed by atoms with van der Waals surface area (Å²) in [6.07, 6.45) is 4.21. The van der Waals surface area contributed by atoms with Gasteiger partial charge in [-0.1, -0.05) is 0 Å². The van der Waals surface area contributed by atoms with E-state index in [0.717, 1.165) is 18.1 Å². The van der Waals surface area contributed by atoms with Gasteiger partial charge in [-0.25, -0.2) is 0 Å². The van der Waals surface area contributed by atoms with Gasteiger partial charge in [-0.15, -0.1) is 0 Å². The maximum absolute atomic E-state index is 2.78. The SMILES string of the molecule is CC(C)N1[C@@H]2CC[C@H]1CN(C(C)(C)C)CC2. The molecule has 0 aliphatic carbocycles. The molecular formula is C14H28N2. The van der Waals surface area contributed by atoms with Gasteiger partial charge in [-0.3, -0.25) is 9.80 Å². The van der Waals surface area contributed by atoms with Crippen molar-refractivity contribution >= 4 is 0 Å². The van der Waals surface area contributed by atoms with Crippen molar-refractivity contribution in [2.45, 2.75) is 77.5 Å². The number of hydrogen-bond donors (Lipinski definition) is 0. The largest absolute Gasteiger partial charge is 0.297 e. The van der Waals surface area contributed by atoms with E-state index in [0.29, 0.717) is 5.54 Å². The molecule has 2 saturated heterocycles. The van der Waals surface area contributed by atoms with Gasteiger partial charge in [0.1, 0.15) is 0 Å². The molecule has 2 rings (SSSR count). The fourth-order valence-corrected chi connectivity index (χ4v) is 3.56. The normalized spacial score (nSPS) is 33.4. The summed E-state index contributed by atoms with van der Waals surface area (Å²) in [4.78, 5) is 5.47. The Morgan fingerprint density at radius 3 is 2.19 bits per heavy atom. The van der Waals surface area contributed by atoms with Crippen LogP contribution in [0.3, 0.4) is 0 Å². The molecule has 2 aliphatic heterocycles. The molecule has 2 heterocycles. The van der Waals surface area contributed by atoms with E-state index in [4.69, 9.17) is 0 Å². The smallest absolute Gasteiger partial charge is 0.0229 e. The molecule has 94 valence electrons. The van der Waals surface area contributed by atoms with Gasteiger partial charge in [0.15, 0.2) is 0 Å². The molecular weight excluding hydrogens is 196 g/mol. The third kappa shape index (κ3) is 2.28. The molecule has 0 unspecified atom stereocenters. The Balaban J connectivity index is 2.11. The van der Waals surface area contributed by atoms with Crippen molar-refractivity contribution in [2.75, 3.05) is 13.1 Å². The minimum absolute atomic E-state index is 0.340. The van der Waals surface area contributed by atoms with E-state index in [2.05, 4.69) is 44.4 Å². The third-order valence-corrected chi connectivity index (χ3v) is 4.38. The summed E-state index contributed by atoms with van der Waals surface area (Å²) in [5.74, 6) is 0. The zero-order valence-electron chi connectivity index (χ0n) is 11.7. The molecule has 0 spiro atoms. The van der Waals surface area contributed by atoms with Crippen LogP contribution in [0.4, 0.5) is 0 Å². The maximum Gasteiger partial charge on any atom is 0.0229 e. The first-order valence-electron chi connectivity index (χ1n) is 6.92. The highest BCUT2D eigenvalue weighted by Crippen LogP contribution is 2.33. The Hall–Kier alpha value is -0.0800. The van der Waals surface area contributed by atoms with E-state index in [-0.39, 0.29) is 0 Å². The predicted octanol–water partition coefficient (Wildman–Crippen LogP) is 2.73. The number of fused-ring (bicyclic) bond motifs is 2. The first kappa shape index (κ1) is 12.4. The van der Waals surface area contributed by atoms with Gasteiger partial charge in [0.25, 0.3) is 0 Å². The molecule has 0 N–H and O–H groups in total. The average molecular weight is 224 g/mol. The first-order valence-corrected chi connectivity index (χ1v) is 6.92. The molecule has 2 fully saturated rings. The lowest BCUT2D eigenvalue weighted by molar-refractivity contribution is 0.106. The van der Waals surface area contributed by atoms with Crippen LogP contribution in [0.5, 0.6) is 0 Å². The molecule has 0 saturated carbocycles.